The van der Waals surface area contributed by atoms with Gasteiger partial charge in [0.1, 0.15) is 5.78 Å². The summed E-state index contributed by atoms with van der Waals surface area (Å²) in [4.78, 5) is 11.7. The first-order valence-electron chi connectivity index (χ1n) is 4.09. The van der Waals surface area contributed by atoms with Crippen LogP contribution in [-0.2, 0) is 10.7 Å². The number of hydrogen-bond donors (Lipinski definition) is 1. The average Bonchev–Trinajstić information content (AvgIpc) is 2.17. The smallest absolute Gasteiger partial charge is 0.147 e. The maximum atomic E-state index is 11.2. The quantitative estimate of drug-likeness (QED) is 0.663. The molecule has 1 aromatic rings. The van der Waals surface area contributed by atoms with E-state index in [9.17, 15) is 4.79 Å². The molecule has 0 radical (unpaired) electrons. The largest absolute Gasteiger partial charge is 0.298 e. The van der Waals surface area contributed by atoms with Crippen molar-refractivity contribution in [3.8, 4) is 0 Å². The van der Waals surface area contributed by atoms with Crippen molar-refractivity contribution < 1.29 is 4.79 Å². The van der Waals surface area contributed by atoms with Crippen LogP contribution in [-0.4, -0.2) is 5.78 Å². The first kappa shape index (κ1) is 12.1. The van der Waals surface area contributed by atoms with E-state index in [2.05, 4.69) is 28.6 Å². The maximum absolute atomic E-state index is 11.2. The fourth-order valence-electron chi connectivity index (χ4n) is 1.14. The van der Waals surface area contributed by atoms with Gasteiger partial charge < -0.3 is 0 Å². The molecular weight excluding hydrogens is 284 g/mol. The molecule has 0 aliphatic carbocycles. The number of ketones is 1. The molecule has 1 rings (SSSR count). The molecular formula is C10H10BrClOS. The van der Waals surface area contributed by atoms with Crippen molar-refractivity contribution in [2.24, 2.45) is 0 Å². The highest BCUT2D eigenvalue weighted by Gasteiger charge is 2.16. The normalized spacial score (nSPS) is 12.6. The second-order valence-electron chi connectivity index (χ2n) is 2.96. The first-order chi connectivity index (χ1) is 6.57. The van der Waals surface area contributed by atoms with E-state index < -0.39 is 0 Å². The van der Waals surface area contributed by atoms with Crippen LogP contribution in [0.5, 0.6) is 0 Å². The van der Waals surface area contributed by atoms with Crippen LogP contribution in [0.1, 0.15) is 22.9 Å². The number of carbonyl (C=O) groups is 1. The second-order valence-corrected chi connectivity index (χ2v) is 4.59. The topological polar surface area (TPSA) is 17.1 Å². The van der Waals surface area contributed by atoms with Gasteiger partial charge in [0.25, 0.3) is 0 Å². The van der Waals surface area contributed by atoms with Crippen LogP contribution in [0.25, 0.3) is 0 Å². The van der Waals surface area contributed by atoms with Crippen LogP contribution in [0.2, 0.25) is 0 Å². The van der Waals surface area contributed by atoms with Crippen molar-refractivity contribution in [2.75, 3.05) is 0 Å². The van der Waals surface area contributed by atoms with Crippen LogP contribution in [0, 0.1) is 0 Å². The number of Topliss-reactive ketones (excluding diaryl/α,β-unsaturated/α-hetero) is 1. The lowest BCUT2D eigenvalue weighted by Gasteiger charge is -2.11. The number of benzene rings is 1. The van der Waals surface area contributed by atoms with Gasteiger partial charge in [-0.25, -0.2) is 0 Å². The molecule has 1 atom stereocenters. The Morgan fingerprint density at radius 3 is 2.79 bits per heavy atom. The van der Waals surface area contributed by atoms with Crippen LogP contribution in [0.3, 0.4) is 0 Å². The lowest BCUT2D eigenvalue weighted by atomic mass is 10.1. The lowest BCUT2D eigenvalue weighted by molar-refractivity contribution is -0.116. The zero-order valence-electron chi connectivity index (χ0n) is 7.63. The molecule has 1 aromatic carbocycles. The molecule has 0 aliphatic heterocycles. The molecule has 0 amide bonds. The van der Waals surface area contributed by atoms with Crippen molar-refractivity contribution in [3.05, 3.63) is 29.3 Å². The van der Waals surface area contributed by atoms with Gasteiger partial charge in [-0.15, -0.1) is 24.2 Å². The minimum absolute atomic E-state index is 0.0621. The minimum atomic E-state index is -0.293. The van der Waals surface area contributed by atoms with E-state index >= 15 is 0 Å². The summed E-state index contributed by atoms with van der Waals surface area (Å²) in [6.07, 6.45) is 0. The molecule has 76 valence electrons. The lowest BCUT2D eigenvalue weighted by Crippen LogP contribution is -2.03. The highest BCUT2D eigenvalue weighted by atomic mass is 79.9. The van der Waals surface area contributed by atoms with Crippen LogP contribution < -0.4 is 0 Å². The van der Waals surface area contributed by atoms with Crippen LogP contribution in [0.15, 0.2) is 23.1 Å². The van der Waals surface area contributed by atoms with E-state index in [0.717, 1.165) is 16.0 Å². The third-order valence-corrected chi connectivity index (χ3v) is 3.90. The van der Waals surface area contributed by atoms with Gasteiger partial charge in [0.2, 0.25) is 0 Å². The fraction of sp³-hybridized carbons (Fsp3) is 0.300. The number of hydrogen-bond acceptors (Lipinski definition) is 2. The third-order valence-electron chi connectivity index (χ3n) is 1.92. The molecule has 14 heavy (non-hydrogen) atoms. The highest BCUT2D eigenvalue weighted by molar-refractivity contribution is 9.09. The molecule has 0 aliphatic rings. The predicted octanol–water partition coefficient (Wildman–Crippen LogP) is 3.74. The fourth-order valence-corrected chi connectivity index (χ4v) is 2.37. The Morgan fingerprint density at radius 2 is 2.29 bits per heavy atom. The van der Waals surface area contributed by atoms with Crippen molar-refractivity contribution in [1.29, 1.82) is 0 Å². The maximum Gasteiger partial charge on any atom is 0.147 e. The number of halogens is 2. The van der Waals surface area contributed by atoms with E-state index in [1.165, 1.54) is 0 Å². The second kappa shape index (κ2) is 5.19. The van der Waals surface area contributed by atoms with Crippen molar-refractivity contribution in [1.82, 2.24) is 0 Å². The summed E-state index contributed by atoms with van der Waals surface area (Å²) in [7, 11) is 0. The highest BCUT2D eigenvalue weighted by Crippen LogP contribution is 2.31. The van der Waals surface area contributed by atoms with Gasteiger partial charge >= 0.3 is 0 Å². The zero-order valence-corrected chi connectivity index (χ0v) is 10.9. The standard InChI is InChI=1S/C10H10BrClOS/c1-6(13)9(11)8-4-2-3-7(5-12)10(8)14/h2-4,9,14H,5H2,1H3. The van der Waals surface area contributed by atoms with Gasteiger partial charge in [-0.2, -0.15) is 0 Å². The van der Waals surface area contributed by atoms with Gasteiger partial charge in [-0.05, 0) is 18.1 Å². The van der Waals surface area contributed by atoms with Gasteiger partial charge in [-0.1, -0.05) is 34.1 Å². The Hall–Kier alpha value is 0.01000. The third kappa shape index (κ3) is 2.53. The van der Waals surface area contributed by atoms with Crippen molar-refractivity contribution in [3.63, 3.8) is 0 Å². The summed E-state index contributed by atoms with van der Waals surface area (Å²) in [6.45, 7) is 1.54. The number of alkyl halides is 2. The number of thiol groups is 1. The average molecular weight is 294 g/mol. The molecule has 0 saturated heterocycles. The molecule has 0 spiro atoms. The van der Waals surface area contributed by atoms with E-state index in [4.69, 9.17) is 11.6 Å². The summed E-state index contributed by atoms with van der Waals surface area (Å²) < 4.78 is 0. The Kier molecular flexibility index (Phi) is 4.48. The Morgan fingerprint density at radius 1 is 1.64 bits per heavy atom. The Balaban J connectivity index is 3.15. The SMILES string of the molecule is CC(=O)C(Br)c1cccc(CCl)c1S. The van der Waals surface area contributed by atoms with E-state index in [0.29, 0.717) is 5.88 Å². The summed E-state index contributed by atoms with van der Waals surface area (Å²) in [5.41, 5.74) is 1.82. The van der Waals surface area contributed by atoms with Crippen molar-refractivity contribution in [2.45, 2.75) is 22.5 Å². The van der Waals surface area contributed by atoms with Gasteiger partial charge in [-0.3, -0.25) is 4.79 Å². The number of rotatable bonds is 3. The summed E-state index contributed by atoms with van der Waals surface area (Å²) in [6, 6.07) is 5.65. The Bertz CT molecular complexity index is 354. The van der Waals surface area contributed by atoms with E-state index in [1.54, 1.807) is 6.92 Å². The molecule has 0 N–H and O–H groups in total. The number of carbonyl (C=O) groups excluding carboxylic acids is 1. The molecule has 4 heteroatoms. The van der Waals surface area contributed by atoms with Crippen molar-refractivity contribution >= 4 is 45.9 Å². The van der Waals surface area contributed by atoms with Crippen LogP contribution in [0.4, 0.5) is 0 Å². The van der Waals surface area contributed by atoms with Crippen LogP contribution >= 0.6 is 40.2 Å². The minimum Gasteiger partial charge on any atom is -0.298 e. The molecule has 0 saturated carbocycles. The van der Waals surface area contributed by atoms with E-state index in [1.807, 2.05) is 18.2 Å². The molecule has 0 fully saturated rings. The van der Waals surface area contributed by atoms with Gasteiger partial charge in [0.15, 0.2) is 0 Å². The monoisotopic (exact) mass is 292 g/mol. The summed E-state index contributed by atoms with van der Waals surface area (Å²) >= 11 is 13.4. The molecule has 0 heterocycles. The predicted molar refractivity (Wildman–Crippen MR) is 65.6 cm³/mol. The van der Waals surface area contributed by atoms with Gasteiger partial charge in [0, 0.05) is 10.8 Å². The molecule has 1 nitrogen and oxygen atoms in total. The Labute approximate surface area is 102 Å². The zero-order chi connectivity index (χ0) is 10.7. The van der Waals surface area contributed by atoms with E-state index in [-0.39, 0.29) is 10.6 Å². The molecule has 0 aromatic heterocycles. The molecule has 1 unspecified atom stereocenters. The van der Waals surface area contributed by atoms with Gasteiger partial charge in [0.05, 0.1) is 4.83 Å². The summed E-state index contributed by atoms with van der Waals surface area (Å²) in [5.74, 6) is 0.469. The summed E-state index contributed by atoms with van der Waals surface area (Å²) in [5, 5.41) is 0. The molecule has 0 bridgehead atoms. The first-order valence-corrected chi connectivity index (χ1v) is 5.99.